The lowest BCUT2D eigenvalue weighted by Gasteiger charge is -2.39. The Bertz CT molecular complexity index is 1170. The van der Waals surface area contributed by atoms with Gasteiger partial charge in [-0.3, -0.25) is 0 Å². The summed E-state index contributed by atoms with van der Waals surface area (Å²) in [6, 6.07) is 2.53. The summed E-state index contributed by atoms with van der Waals surface area (Å²) < 4.78 is 54.0. The molecule has 0 N–H and O–H groups in total. The maximum atomic E-state index is 13.8. The molecule has 0 bridgehead atoms. The highest BCUT2D eigenvalue weighted by Gasteiger charge is 2.39. The largest absolute Gasteiger partial charge is 0.444 e. The number of aromatic nitrogens is 3. The fourth-order valence-electron chi connectivity index (χ4n) is 3.73. The van der Waals surface area contributed by atoms with Crippen LogP contribution in [0.2, 0.25) is 5.02 Å². The van der Waals surface area contributed by atoms with E-state index >= 15 is 0 Å². The molecule has 0 spiro atoms. The number of carbonyl (C=O) groups is 1. The van der Waals surface area contributed by atoms with Crippen molar-refractivity contribution in [3.63, 3.8) is 0 Å². The molecule has 178 valence electrons. The van der Waals surface area contributed by atoms with E-state index < -0.39 is 34.0 Å². The molecule has 33 heavy (non-hydrogen) atoms. The van der Waals surface area contributed by atoms with E-state index in [-0.39, 0.29) is 23.3 Å². The Kier molecular flexibility index (Phi) is 5.71. The summed E-state index contributed by atoms with van der Waals surface area (Å²) in [5.74, 6) is 0. The third-order valence-electron chi connectivity index (χ3n) is 5.15. The highest BCUT2D eigenvalue weighted by molar-refractivity contribution is 6.32. The Balaban J connectivity index is 1.71. The first-order chi connectivity index (χ1) is 15.3. The summed E-state index contributed by atoms with van der Waals surface area (Å²) >= 11 is 6.03. The minimum absolute atomic E-state index is 0.0162. The van der Waals surface area contributed by atoms with Crippen LogP contribution in [0.1, 0.15) is 33.3 Å². The van der Waals surface area contributed by atoms with E-state index in [0.717, 1.165) is 0 Å². The van der Waals surface area contributed by atoms with Crippen LogP contribution in [0.3, 0.4) is 0 Å². The first-order valence-corrected chi connectivity index (χ1v) is 10.7. The monoisotopic (exact) mass is 485 g/mol. The number of ether oxygens (including phenoxy) is 1. The van der Waals surface area contributed by atoms with Gasteiger partial charge >= 0.3 is 12.3 Å². The van der Waals surface area contributed by atoms with Crippen LogP contribution in [-0.4, -0.2) is 57.0 Å². The second kappa shape index (κ2) is 8.12. The van der Waals surface area contributed by atoms with Crippen LogP contribution in [0.5, 0.6) is 0 Å². The van der Waals surface area contributed by atoms with Gasteiger partial charge in [0.25, 0.3) is 6.01 Å². The van der Waals surface area contributed by atoms with Crippen LogP contribution in [-0.2, 0) is 10.9 Å². The molecule has 4 rings (SSSR count). The smallest absolute Gasteiger partial charge is 0.420 e. The SMILES string of the molecule is CC1CN(C(=O)OC(C)(C)C)CCN1c1nc2c(C(F)(F)F)c(Cl)cc(-n3cccn3)c2o1. The van der Waals surface area contributed by atoms with Crippen molar-refractivity contribution in [1.29, 1.82) is 0 Å². The van der Waals surface area contributed by atoms with E-state index in [0.29, 0.717) is 19.6 Å². The Morgan fingerprint density at radius 2 is 2.00 bits per heavy atom. The quantitative estimate of drug-likeness (QED) is 0.501. The molecule has 3 aromatic rings. The molecule has 1 fully saturated rings. The van der Waals surface area contributed by atoms with Gasteiger partial charge in [0.05, 0.1) is 5.02 Å². The molecule has 1 aliphatic rings. The predicted molar refractivity (Wildman–Crippen MR) is 116 cm³/mol. The van der Waals surface area contributed by atoms with Gasteiger partial charge in [0.1, 0.15) is 22.4 Å². The second-order valence-electron chi connectivity index (χ2n) is 8.84. The van der Waals surface area contributed by atoms with Gasteiger partial charge in [-0.05, 0) is 39.8 Å². The maximum Gasteiger partial charge on any atom is 0.420 e. The Labute approximate surface area is 192 Å². The number of fused-ring (bicyclic) bond motifs is 1. The number of anilines is 1. The van der Waals surface area contributed by atoms with Gasteiger partial charge in [-0.25, -0.2) is 9.48 Å². The zero-order chi connectivity index (χ0) is 24.1. The maximum absolute atomic E-state index is 13.8. The predicted octanol–water partition coefficient (Wildman–Crippen LogP) is 5.13. The second-order valence-corrected chi connectivity index (χ2v) is 9.25. The van der Waals surface area contributed by atoms with Gasteiger partial charge in [0.2, 0.25) is 0 Å². The van der Waals surface area contributed by atoms with Gasteiger partial charge < -0.3 is 19.0 Å². The molecule has 3 heterocycles. The van der Waals surface area contributed by atoms with Crippen LogP contribution in [0.25, 0.3) is 16.8 Å². The average Bonchev–Trinajstić information content (AvgIpc) is 3.34. The minimum Gasteiger partial charge on any atom is -0.444 e. The number of hydrogen-bond acceptors (Lipinski definition) is 6. The van der Waals surface area contributed by atoms with E-state index in [2.05, 4.69) is 10.1 Å². The summed E-state index contributed by atoms with van der Waals surface area (Å²) in [7, 11) is 0. The zero-order valence-electron chi connectivity index (χ0n) is 18.5. The number of oxazole rings is 1. The van der Waals surface area contributed by atoms with Crippen molar-refractivity contribution >= 4 is 34.8 Å². The summed E-state index contributed by atoms with van der Waals surface area (Å²) in [5, 5.41) is 3.59. The molecule has 8 nitrogen and oxygen atoms in total. The molecule has 1 aromatic carbocycles. The van der Waals surface area contributed by atoms with Crippen molar-refractivity contribution in [3.05, 3.63) is 35.1 Å². The molecule has 1 aliphatic heterocycles. The number of nitrogens with zero attached hydrogens (tertiary/aromatic N) is 5. The molecular formula is C21H23ClF3N5O3. The summed E-state index contributed by atoms with van der Waals surface area (Å²) in [5.41, 5.74) is -1.92. The highest BCUT2D eigenvalue weighted by atomic mass is 35.5. The topological polar surface area (TPSA) is 76.6 Å². The molecular weight excluding hydrogens is 463 g/mol. The van der Waals surface area contributed by atoms with Gasteiger partial charge in [-0.1, -0.05) is 11.6 Å². The number of benzene rings is 1. The molecule has 0 radical (unpaired) electrons. The third kappa shape index (κ3) is 4.59. The van der Waals surface area contributed by atoms with Crippen molar-refractivity contribution in [2.24, 2.45) is 0 Å². The first kappa shape index (κ1) is 23.2. The highest BCUT2D eigenvalue weighted by Crippen LogP contribution is 2.43. The Morgan fingerprint density at radius 3 is 2.58 bits per heavy atom. The van der Waals surface area contributed by atoms with Gasteiger partial charge in [-0.15, -0.1) is 0 Å². The van der Waals surface area contributed by atoms with Crippen molar-refractivity contribution in [1.82, 2.24) is 19.7 Å². The average molecular weight is 486 g/mol. The summed E-state index contributed by atoms with van der Waals surface area (Å²) in [6.45, 7) is 8.08. The number of carbonyl (C=O) groups excluding carboxylic acids is 1. The van der Waals surface area contributed by atoms with Crippen molar-refractivity contribution in [2.75, 3.05) is 24.5 Å². The molecule has 1 amide bonds. The van der Waals surface area contributed by atoms with E-state index in [1.165, 1.54) is 16.9 Å². The molecule has 0 saturated carbocycles. The molecule has 1 atom stereocenters. The molecule has 12 heteroatoms. The van der Waals surface area contributed by atoms with E-state index in [1.54, 1.807) is 42.8 Å². The molecule has 2 aromatic heterocycles. The number of alkyl halides is 3. The van der Waals surface area contributed by atoms with Crippen LogP contribution >= 0.6 is 11.6 Å². The summed E-state index contributed by atoms with van der Waals surface area (Å²) in [4.78, 5) is 19.9. The lowest BCUT2D eigenvalue weighted by Crippen LogP contribution is -2.54. The standard InChI is InChI=1S/C21H23ClF3N5O3/c1-12-11-28(19(31)33-20(2,3)4)8-9-29(12)18-27-16-15(21(23,24)25)13(22)10-14(17(16)32-18)30-7-5-6-26-30/h5-7,10,12H,8-9,11H2,1-4H3. The van der Waals surface area contributed by atoms with Gasteiger partial charge in [-0.2, -0.15) is 23.3 Å². The minimum atomic E-state index is -4.73. The normalized spacial score (nSPS) is 17.6. The van der Waals surface area contributed by atoms with E-state index in [9.17, 15) is 18.0 Å². The van der Waals surface area contributed by atoms with Crippen molar-refractivity contribution < 1.29 is 27.1 Å². The summed E-state index contributed by atoms with van der Waals surface area (Å²) in [6.07, 6.45) is -2.11. The number of amides is 1. The number of piperazine rings is 1. The lowest BCUT2D eigenvalue weighted by molar-refractivity contribution is -0.136. The Hall–Kier alpha value is -2.95. The molecule has 1 saturated heterocycles. The fraction of sp³-hybridized carbons (Fsp3) is 0.476. The Morgan fingerprint density at radius 1 is 1.27 bits per heavy atom. The zero-order valence-corrected chi connectivity index (χ0v) is 19.2. The van der Waals surface area contributed by atoms with Crippen LogP contribution in [0.4, 0.5) is 24.0 Å². The van der Waals surface area contributed by atoms with Crippen LogP contribution < -0.4 is 4.90 Å². The number of halogens is 4. The number of rotatable bonds is 2. The van der Waals surface area contributed by atoms with Crippen LogP contribution in [0.15, 0.2) is 28.9 Å². The van der Waals surface area contributed by atoms with Crippen LogP contribution in [0, 0.1) is 0 Å². The first-order valence-electron chi connectivity index (χ1n) is 10.3. The van der Waals surface area contributed by atoms with Crippen molar-refractivity contribution in [3.8, 4) is 5.69 Å². The molecule has 0 aliphatic carbocycles. The van der Waals surface area contributed by atoms with Gasteiger partial charge in [0, 0.05) is 38.1 Å². The van der Waals surface area contributed by atoms with E-state index in [1.807, 2.05) is 6.92 Å². The molecule has 1 unspecified atom stereocenters. The fourth-order valence-corrected chi connectivity index (χ4v) is 4.03. The number of hydrogen-bond donors (Lipinski definition) is 0. The van der Waals surface area contributed by atoms with E-state index in [4.69, 9.17) is 20.8 Å². The van der Waals surface area contributed by atoms with Gasteiger partial charge in [0.15, 0.2) is 5.58 Å². The lowest BCUT2D eigenvalue weighted by atomic mass is 10.1. The third-order valence-corrected chi connectivity index (χ3v) is 5.45. The van der Waals surface area contributed by atoms with Crippen molar-refractivity contribution in [2.45, 2.75) is 45.5 Å².